The van der Waals surface area contributed by atoms with Crippen molar-refractivity contribution < 1.29 is 29.3 Å². The highest BCUT2D eigenvalue weighted by Gasteiger charge is 2.40. The Bertz CT molecular complexity index is 2430. The van der Waals surface area contributed by atoms with Gasteiger partial charge < -0.3 is 34.7 Å². The Morgan fingerprint density at radius 1 is 0.786 bits per heavy atom. The van der Waals surface area contributed by atoms with Crippen molar-refractivity contribution in [3.63, 3.8) is 0 Å². The van der Waals surface area contributed by atoms with Gasteiger partial charge in [-0.3, -0.25) is 14.5 Å². The van der Waals surface area contributed by atoms with Crippen LogP contribution >= 0.6 is 11.6 Å². The van der Waals surface area contributed by atoms with Gasteiger partial charge in [-0.2, -0.15) is 0 Å². The van der Waals surface area contributed by atoms with E-state index < -0.39 is 31.0 Å². The molecule has 0 spiro atoms. The Hall–Kier alpha value is -5.94. The largest absolute Gasteiger partial charge is 0.506 e. The van der Waals surface area contributed by atoms with Gasteiger partial charge in [-0.05, 0) is 64.8 Å². The van der Waals surface area contributed by atoms with Crippen LogP contribution in [0.3, 0.4) is 0 Å². The van der Waals surface area contributed by atoms with Crippen molar-refractivity contribution in [1.29, 1.82) is 0 Å². The summed E-state index contributed by atoms with van der Waals surface area (Å²) in [5, 5.41) is 23.7. The fourth-order valence-electron chi connectivity index (χ4n) is 9.35. The summed E-state index contributed by atoms with van der Waals surface area (Å²) >= 11 is 6.49. The van der Waals surface area contributed by atoms with Gasteiger partial charge in [-0.25, -0.2) is 4.79 Å². The van der Waals surface area contributed by atoms with Gasteiger partial charge in [-0.15, -0.1) is 11.6 Å². The summed E-state index contributed by atoms with van der Waals surface area (Å²) in [4.78, 5) is 53.8. The van der Waals surface area contributed by atoms with Crippen molar-refractivity contribution in [3.8, 4) is 22.6 Å². The molecule has 2 unspecified atom stereocenters. The zero-order chi connectivity index (χ0) is 39.0. The van der Waals surface area contributed by atoms with E-state index in [0.717, 1.165) is 61.7 Å². The van der Waals surface area contributed by atoms with E-state index in [2.05, 4.69) is 29.0 Å². The van der Waals surface area contributed by atoms with Gasteiger partial charge in [0.2, 0.25) is 11.8 Å². The summed E-state index contributed by atoms with van der Waals surface area (Å²) in [5.74, 6) is -1.02. The van der Waals surface area contributed by atoms with Crippen LogP contribution < -0.4 is 9.80 Å². The third-order valence-corrected chi connectivity index (χ3v) is 12.4. The lowest BCUT2D eigenvalue weighted by Gasteiger charge is -2.27. The number of hydrogen-bond donors (Lipinski definition) is 4. The Kier molecular flexibility index (Phi) is 8.72. The molecule has 286 valence electrons. The summed E-state index contributed by atoms with van der Waals surface area (Å²) in [7, 11) is 0. The molecule has 0 bridgehead atoms. The van der Waals surface area contributed by atoms with Crippen LogP contribution in [0.1, 0.15) is 64.5 Å². The van der Waals surface area contributed by atoms with E-state index in [1.165, 1.54) is 4.90 Å². The molecule has 0 radical (unpaired) electrons. The molecule has 6 aromatic rings. The predicted octanol–water partition coefficient (Wildman–Crippen LogP) is 8.14. The molecule has 12 heteroatoms. The predicted molar refractivity (Wildman–Crippen MR) is 217 cm³/mol. The second-order valence-electron chi connectivity index (χ2n) is 15.2. The molecule has 3 amide bonds. The van der Waals surface area contributed by atoms with Gasteiger partial charge in [0.15, 0.2) is 0 Å². The maximum atomic E-state index is 14.4. The van der Waals surface area contributed by atoms with Crippen molar-refractivity contribution >= 4 is 62.7 Å². The minimum Gasteiger partial charge on any atom is -0.506 e. The number of rotatable bonds is 8. The minimum atomic E-state index is -0.798. The molecule has 2 atom stereocenters. The van der Waals surface area contributed by atoms with Gasteiger partial charge in [0.1, 0.15) is 31.2 Å². The number of ether oxygens (including phenoxy) is 1. The molecule has 11 nitrogen and oxygen atoms in total. The third-order valence-electron chi connectivity index (χ3n) is 12.0. The lowest BCUT2D eigenvalue weighted by Crippen LogP contribution is -2.48. The molecular weight excluding hydrogens is 730 g/mol. The van der Waals surface area contributed by atoms with Crippen molar-refractivity contribution in [3.05, 3.63) is 106 Å². The Morgan fingerprint density at radius 3 is 1.77 bits per heavy atom. The number of aryl methyl sites for hydroxylation is 2. The topological polar surface area (TPSA) is 142 Å². The molecule has 2 aliphatic heterocycles. The molecule has 1 aliphatic carbocycles. The number of phenols is 2. The van der Waals surface area contributed by atoms with Gasteiger partial charge in [0, 0.05) is 72.0 Å². The molecule has 0 fully saturated rings. The van der Waals surface area contributed by atoms with E-state index in [0.29, 0.717) is 29.0 Å². The van der Waals surface area contributed by atoms with Crippen LogP contribution in [-0.4, -0.2) is 81.7 Å². The maximum Gasteiger partial charge on any atom is 0.410 e. The number of carbonyl (C=O) groups is 3. The zero-order valence-corrected chi connectivity index (χ0v) is 32.1. The second kappa shape index (κ2) is 13.7. The summed E-state index contributed by atoms with van der Waals surface area (Å²) in [6.45, 7) is 5.68. The smallest absolute Gasteiger partial charge is 0.410 e. The lowest BCUT2D eigenvalue weighted by molar-refractivity contribution is -0.122. The van der Waals surface area contributed by atoms with Crippen LogP contribution in [0.5, 0.6) is 11.5 Å². The van der Waals surface area contributed by atoms with Gasteiger partial charge >= 0.3 is 6.09 Å². The van der Waals surface area contributed by atoms with Gasteiger partial charge in [0.05, 0.1) is 22.4 Å². The van der Waals surface area contributed by atoms with Crippen LogP contribution in [0, 0.1) is 13.8 Å². The summed E-state index contributed by atoms with van der Waals surface area (Å²) < 4.78 is 6.05. The first kappa shape index (κ1) is 35.7. The van der Waals surface area contributed by atoms with Crippen molar-refractivity contribution in [2.24, 2.45) is 0 Å². The average molecular weight is 772 g/mol. The molecule has 3 aliphatic rings. The highest BCUT2D eigenvalue weighted by atomic mass is 35.5. The van der Waals surface area contributed by atoms with Crippen molar-refractivity contribution in [2.45, 2.75) is 44.9 Å². The molecule has 0 saturated carbocycles. The number of aromatic nitrogens is 2. The molecule has 56 heavy (non-hydrogen) atoms. The number of nitrogens with one attached hydrogen (secondary N) is 2. The minimum absolute atomic E-state index is 0.00311. The molecule has 2 aromatic heterocycles. The van der Waals surface area contributed by atoms with Crippen molar-refractivity contribution in [2.75, 3.05) is 48.5 Å². The van der Waals surface area contributed by atoms with E-state index in [1.54, 1.807) is 21.9 Å². The van der Waals surface area contributed by atoms with Crippen LogP contribution in [0.2, 0.25) is 0 Å². The zero-order valence-electron chi connectivity index (χ0n) is 31.4. The highest BCUT2D eigenvalue weighted by Crippen LogP contribution is 2.49. The first-order valence-electron chi connectivity index (χ1n) is 19.0. The van der Waals surface area contributed by atoms with Gasteiger partial charge in [0.25, 0.3) is 0 Å². The number of amides is 3. The third kappa shape index (κ3) is 5.50. The fraction of sp³-hybridized carbons (Fsp3) is 0.295. The first-order valence-corrected chi connectivity index (χ1v) is 19.6. The maximum absolute atomic E-state index is 14.4. The second-order valence-corrected chi connectivity index (χ2v) is 15.5. The number of fused-ring (bicyclic) bond motifs is 9. The average Bonchev–Trinajstić information content (AvgIpc) is 4.02. The van der Waals surface area contributed by atoms with E-state index >= 15 is 0 Å². The number of carbonyl (C=O) groups excluding carboxylic acids is 3. The lowest BCUT2D eigenvalue weighted by atomic mass is 9.93. The number of phenolic OH excluding ortho intramolecular Hbond substituents is 2. The van der Waals surface area contributed by atoms with E-state index in [1.807, 2.05) is 62.6 Å². The molecule has 0 saturated heterocycles. The summed E-state index contributed by atoms with van der Waals surface area (Å²) in [5.41, 5.74) is 10.3. The number of alkyl halides is 1. The molecular formula is C44H42ClN5O6. The van der Waals surface area contributed by atoms with Crippen molar-refractivity contribution in [1.82, 2.24) is 14.9 Å². The normalized spacial score (nSPS) is 17.0. The Balaban J connectivity index is 1.04. The number of aromatic amines is 2. The number of benzene rings is 4. The number of nitrogens with zero attached hydrogens (tertiary/aromatic N) is 3. The van der Waals surface area contributed by atoms with Crippen LogP contribution in [0.4, 0.5) is 16.2 Å². The monoisotopic (exact) mass is 771 g/mol. The van der Waals surface area contributed by atoms with Crippen LogP contribution in [0.15, 0.2) is 73.1 Å². The number of anilines is 2. The van der Waals surface area contributed by atoms with E-state index in [4.69, 9.17) is 16.3 Å². The van der Waals surface area contributed by atoms with E-state index in [9.17, 15) is 24.6 Å². The van der Waals surface area contributed by atoms with Crippen LogP contribution in [0.25, 0.3) is 32.9 Å². The number of hydrogen-bond acceptors (Lipinski definition) is 6. The number of aromatic hydroxyl groups is 2. The molecule has 4 aromatic carbocycles. The Labute approximate surface area is 328 Å². The highest BCUT2D eigenvalue weighted by molar-refractivity contribution is 6.19. The molecule has 4 N–H and O–H groups in total. The first-order chi connectivity index (χ1) is 27.1. The van der Waals surface area contributed by atoms with Gasteiger partial charge in [-0.1, -0.05) is 55.5 Å². The standard InChI is InChI=1S/C44H42ClN5O6/c1-4-25-18-49(32-13-34(51)42-38(40(25)32)23(2)16-46-42)36(53)20-48(44(55)56-22-31-29-11-7-5-9-27(29)28-10-6-8-12-30(28)31)21-37(54)50-19-26(15-45)41-33(50)14-35(52)43-39(41)24(3)17-47-43/h5-14,16-17,25-26,31,46-47,51-52H,4,15,18-22H2,1-3H3. The fourth-order valence-corrected chi connectivity index (χ4v) is 9.60. The SMILES string of the molecule is CCC1CN(C(=O)CN(CC(=O)N2CC(CCl)c3c2cc(O)c2[nH]cc(C)c32)C(=O)OCC2c3ccccc3-c3ccccc32)c2cc(O)c3[nH]cc(C)c3c21. The van der Waals surface area contributed by atoms with E-state index in [-0.39, 0.29) is 48.3 Å². The summed E-state index contributed by atoms with van der Waals surface area (Å²) in [6, 6.07) is 19.2. The number of halogens is 1. The summed E-state index contributed by atoms with van der Waals surface area (Å²) in [6.07, 6.45) is 3.62. The molecule has 9 rings (SSSR count). The molecule has 4 heterocycles. The quantitative estimate of drug-likeness (QED) is 0.115. The Morgan fingerprint density at radius 2 is 1.27 bits per heavy atom. The number of H-pyrrole nitrogens is 2. The van der Waals surface area contributed by atoms with Crippen LogP contribution in [-0.2, 0) is 14.3 Å².